The van der Waals surface area contributed by atoms with Crippen LogP contribution >= 0.6 is 12.4 Å². The number of methoxy groups -OCH3 is 1. The molecule has 2 aromatic carbocycles. The molecule has 0 bridgehead atoms. The third-order valence-corrected chi connectivity index (χ3v) is 8.15. The van der Waals surface area contributed by atoms with Crippen molar-refractivity contribution in [3.05, 3.63) is 51.6 Å². The Morgan fingerprint density at radius 3 is 2.42 bits per heavy atom. The van der Waals surface area contributed by atoms with E-state index in [-0.39, 0.29) is 46.8 Å². The molecule has 14 heteroatoms. The van der Waals surface area contributed by atoms with Crippen molar-refractivity contribution >= 4 is 35.7 Å². The SMILES string of the molecule is COc1cccc2c1C(=O)c1c(O)c3c(c(O)c1C2=O)CC(O)(C(=O)CO)CC3OC1CC(NC(C)=O)C(O)C(C)O1.Cl. The lowest BCUT2D eigenvalue weighted by atomic mass is 9.72. The van der Waals surface area contributed by atoms with Crippen LogP contribution in [0.1, 0.15) is 75.8 Å². The molecule has 6 atom stereocenters. The number of Topliss-reactive ketones (excluding diaryl/α,β-unsaturated/α-hetero) is 1. The Balaban J connectivity index is 0.00000423. The number of aromatic hydroxyl groups is 2. The topological polar surface area (TPSA) is 209 Å². The first kappa shape index (κ1) is 32.3. The number of hydrogen-bond donors (Lipinski definition) is 6. The smallest absolute Gasteiger partial charge is 0.217 e. The molecule has 1 saturated heterocycles. The maximum absolute atomic E-state index is 13.7. The first-order valence-electron chi connectivity index (χ1n) is 13.3. The number of carbonyl (C=O) groups is 4. The lowest BCUT2D eigenvalue weighted by molar-refractivity contribution is -0.249. The molecule has 1 heterocycles. The molecule has 0 saturated carbocycles. The lowest BCUT2D eigenvalue weighted by Gasteiger charge is -2.42. The average molecular weight is 622 g/mol. The van der Waals surface area contributed by atoms with Crippen LogP contribution in [-0.4, -0.2) is 92.6 Å². The Morgan fingerprint density at radius 1 is 1.12 bits per heavy atom. The van der Waals surface area contributed by atoms with Crippen molar-refractivity contribution in [2.24, 2.45) is 0 Å². The molecule has 1 fully saturated rings. The fraction of sp³-hybridized carbons (Fsp3) is 0.448. The number of phenols is 2. The number of aliphatic hydroxyl groups excluding tert-OH is 2. The molecule has 6 N–H and O–H groups in total. The number of carbonyl (C=O) groups excluding carboxylic acids is 4. The van der Waals surface area contributed by atoms with E-state index >= 15 is 0 Å². The van der Waals surface area contributed by atoms with Crippen LogP contribution in [0.3, 0.4) is 0 Å². The Labute approximate surface area is 251 Å². The number of aliphatic hydroxyl groups is 3. The van der Waals surface area contributed by atoms with Crippen LogP contribution in [0, 0.1) is 0 Å². The summed E-state index contributed by atoms with van der Waals surface area (Å²) in [7, 11) is 1.31. The summed E-state index contributed by atoms with van der Waals surface area (Å²) in [5.74, 6) is -4.34. The van der Waals surface area contributed by atoms with Gasteiger partial charge in [-0.05, 0) is 13.0 Å². The van der Waals surface area contributed by atoms with E-state index in [0.717, 1.165) is 0 Å². The summed E-state index contributed by atoms with van der Waals surface area (Å²) in [6.07, 6.45) is -5.65. The van der Waals surface area contributed by atoms with Crippen LogP contribution in [0.2, 0.25) is 0 Å². The van der Waals surface area contributed by atoms with E-state index in [1.54, 1.807) is 6.92 Å². The summed E-state index contributed by atoms with van der Waals surface area (Å²) in [5.41, 5.74) is -3.84. The fourth-order valence-corrected chi connectivity index (χ4v) is 6.12. The highest BCUT2D eigenvalue weighted by Gasteiger charge is 2.50. The molecule has 0 aromatic heterocycles. The number of rotatable bonds is 6. The maximum atomic E-state index is 13.7. The predicted molar refractivity (Wildman–Crippen MR) is 149 cm³/mol. The number of fused-ring (bicyclic) bond motifs is 3. The molecule has 2 aromatic rings. The Kier molecular flexibility index (Phi) is 8.89. The molecule has 6 unspecified atom stereocenters. The first-order valence-corrected chi connectivity index (χ1v) is 13.3. The van der Waals surface area contributed by atoms with Crippen LogP contribution in [0.25, 0.3) is 0 Å². The van der Waals surface area contributed by atoms with Crippen molar-refractivity contribution in [2.75, 3.05) is 13.7 Å². The number of phenolic OH excluding ortho intramolecular Hbond substituents is 2. The second-order valence-electron chi connectivity index (χ2n) is 10.8. The minimum absolute atomic E-state index is 0. The normalized spacial score (nSPS) is 27.7. The van der Waals surface area contributed by atoms with Crippen molar-refractivity contribution in [3.63, 3.8) is 0 Å². The summed E-state index contributed by atoms with van der Waals surface area (Å²) in [6.45, 7) is 1.77. The van der Waals surface area contributed by atoms with E-state index in [2.05, 4.69) is 5.32 Å². The summed E-state index contributed by atoms with van der Waals surface area (Å²) in [5, 5.41) is 57.0. The summed E-state index contributed by atoms with van der Waals surface area (Å²) < 4.78 is 17.1. The fourth-order valence-electron chi connectivity index (χ4n) is 6.12. The molecular formula is C29H32ClNO12. The molecule has 232 valence electrons. The van der Waals surface area contributed by atoms with Crippen LogP contribution < -0.4 is 10.1 Å². The van der Waals surface area contributed by atoms with Gasteiger partial charge in [0.25, 0.3) is 0 Å². The summed E-state index contributed by atoms with van der Waals surface area (Å²) in [4.78, 5) is 51.7. The van der Waals surface area contributed by atoms with Gasteiger partial charge in [-0.3, -0.25) is 19.2 Å². The molecule has 0 radical (unpaired) electrons. The van der Waals surface area contributed by atoms with Crippen LogP contribution in [0.5, 0.6) is 17.2 Å². The van der Waals surface area contributed by atoms with Gasteiger partial charge in [0.05, 0.1) is 42.0 Å². The average Bonchev–Trinajstić information content (AvgIpc) is 2.94. The van der Waals surface area contributed by atoms with Gasteiger partial charge in [0.1, 0.15) is 35.6 Å². The van der Waals surface area contributed by atoms with Crippen molar-refractivity contribution < 1.29 is 58.9 Å². The molecule has 2 aliphatic carbocycles. The molecule has 1 aliphatic heterocycles. The second-order valence-corrected chi connectivity index (χ2v) is 10.8. The van der Waals surface area contributed by atoms with E-state index in [0.29, 0.717) is 0 Å². The Hall–Kier alpha value is -3.59. The molecule has 1 amide bonds. The monoisotopic (exact) mass is 621 g/mol. The molecule has 0 spiro atoms. The van der Waals surface area contributed by atoms with Crippen LogP contribution in [0.4, 0.5) is 0 Å². The Bertz CT molecular complexity index is 1510. The van der Waals surface area contributed by atoms with Crippen LogP contribution in [-0.2, 0) is 25.5 Å². The quantitative estimate of drug-likeness (QED) is 0.209. The number of ketones is 3. The number of ether oxygens (including phenoxy) is 3. The number of amides is 1. The number of hydrogen-bond acceptors (Lipinski definition) is 12. The maximum Gasteiger partial charge on any atom is 0.217 e. The Morgan fingerprint density at radius 2 is 1.79 bits per heavy atom. The van der Waals surface area contributed by atoms with Gasteiger partial charge >= 0.3 is 0 Å². The van der Waals surface area contributed by atoms with Gasteiger partial charge in [0, 0.05) is 42.9 Å². The lowest BCUT2D eigenvalue weighted by Crippen LogP contribution is -2.55. The van der Waals surface area contributed by atoms with Gasteiger partial charge in [-0.1, -0.05) is 12.1 Å². The minimum atomic E-state index is -2.29. The van der Waals surface area contributed by atoms with E-state index in [9.17, 15) is 44.7 Å². The zero-order valence-electron chi connectivity index (χ0n) is 23.4. The van der Waals surface area contributed by atoms with Crippen molar-refractivity contribution in [1.82, 2.24) is 5.32 Å². The van der Waals surface area contributed by atoms with E-state index < -0.39 is 102 Å². The predicted octanol–water partition coefficient (Wildman–Crippen LogP) is 0.600. The standard InChI is InChI=1S/C29H31NO12.ClH/c1-11-24(34)15(30-12(2)32)7-19(41-11)42-17-9-29(39,18(33)10-31)8-14-21(17)28(38)23-22(26(14)36)25(35)13-5-4-6-16(40-3)20(13)27(23)37;/h4-6,11,15,17,19,24,31,34,36,38-39H,7-10H2,1-3H3,(H,30,32);1H. The highest BCUT2D eigenvalue weighted by atomic mass is 35.5. The molecule has 3 aliphatic rings. The summed E-state index contributed by atoms with van der Waals surface area (Å²) >= 11 is 0. The molecular weight excluding hydrogens is 590 g/mol. The number of benzene rings is 2. The highest BCUT2D eigenvalue weighted by molar-refractivity contribution is 6.31. The highest BCUT2D eigenvalue weighted by Crippen LogP contribution is 2.52. The van der Waals surface area contributed by atoms with Gasteiger partial charge < -0.3 is 45.1 Å². The van der Waals surface area contributed by atoms with Gasteiger partial charge in [-0.2, -0.15) is 0 Å². The minimum Gasteiger partial charge on any atom is -0.507 e. The third-order valence-electron chi connectivity index (χ3n) is 8.15. The van der Waals surface area contributed by atoms with E-state index in [4.69, 9.17) is 14.2 Å². The van der Waals surface area contributed by atoms with Crippen LogP contribution in [0.15, 0.2) is 18.2 Å². The third kappa shape index (κ3) is 5.26. The van der Waals surface area contributed by atoms with E-state index in [1.165, 1.54) is 32.2 Å². The van der Waals surface area contributed by atoms with E-state index in [1.807, 2.05) is 0 Å². The summed E-state index contributed by atoms with van der Waals surface area (Å²) in [6, 6.07) is 3.54. The molecule has 43 heavy (non-hydrogen) atoms. The second kappa shape index (κ2) is 11.8. The number of halogens is 1. The zero-order valence-corrected chi connectivity index (χ0v) is 24.3. The van der Waals surface area contributed by atoms with Gasteiger partial charge in [0.2, 0.25) is 11.7 Å². The van der Waals surface area contributed by atoms with Crippen molar-refractivity contribution in [2.45, 2.75) is 69.4 Å². The van der Waals surface area contributed by atoms with Crippen molar-refractivity contribution in [3.8, 4) is 17.2 Å². The van der Waals surface area contributed by atoms with Gasteiger partial charge in [-0.15, -0.1) is 12.4 Å². The molecule has 5 rings (SSSR count). The number of nitrogens with one attached hydrogen (secondary N) is 1. The first-order chi connectivity index (χ1) is 19.8. The van der Waals surface area contributed by atoms with Crippen molar-refractivity contribution in [1.29, 1.82) is 0 Å². The zero-order chi connectivity index (χ0) is 30.7. The van der Waals surface area contributed by atoms with Gasteiger partial charge in [0.15, 0.2) is 17.9 Å². The molecule has 13 nitrogen and oxygen atoms in total. The van der Waals surface area contributed by atoms with Gasteiger partial charge in [-0.25, -0.2) is 0 Å². The largest absolute Gasteiger partial charge is 0.507 e.